The number of thioether (sulfide) groups is 1. The third-order valence-corrected chi connectivity index (χ3v) is 4.72. The Morgan fingerprint density at radius 1 is 1.00 bits per heavy atom. The van der Waals surface area contributed by atoms with Crippen LogP contribution in [-0.4, -0.2) is 36.8 Å². The van der Waals surface area contributed by atoms with Gasteiger partial charge in [0, 0.05) is 11.8 Å². The molecule has 0 amide bonds. The second kappa shape index (κ2) is 9.32. The summed E-state index contributed by atoms with van der Waals surface area (Å²) in [6.45, 7) is 2.69. The minimum absolute atomic E-state index is 0.424. The molecule has 27 heavy (non-hydrogen) atoms. The van der Waals surface area contributed by atoms with Gasteiger partial charge in [-0.3, -0.25) is 0 Å². The summed E-state index contributed by atoms with van der Waals surface area (Å²) >= 11 is 1.51. The van der Waals surface area contributed by atoms with Crippen LogP contribution in [0.25, 0.3) is 11.5 Å². The molecule has 0 atom stereocenters. The van der Waals surface area contributed by atoms with Crippen LogP contribution in [0.4, 0.5) is 0 Å². The Labute approximate surface area is 162 Å². The highest BCUT2D eigenvalue weighted by Gasteiger charge is 2.14. The van der Waals surface area contributed by atoms with E-state index < -0.39 is 0 Å². The number of hydrogen-bond donors (Lipinski definition) is 0. The largest absolute Gasteiger partial charge is 0.497 e. The van der Waals surface area contributed by atoms with E-state index in [4.69, 9.17) is 18.6 Å². The Kier molecular flexibility index (Phi) is 6.59. The minimum atomic E-state index is 0.424. The Morgan fingerprint density at radius 3 is 2.67 bits per heavy atom. The van der Waals surface area contributed by atoms with Crippen molar-refractivity contribution >= 4 is 11.8 Å². The van der Waals surface area contributed by atoms with Crippen molar-refractivity contribution in [2.24, 2.45) is 0 Å². The lowest BCUT2D eigenvalue weighted by molar-refractivity contribution is 0.318. The van der Waals surface area contributed by atoms with Crippen molar-refractivity contribution in [1.29, 1.82) is 0 Å². The molecule has 0 bridgehead atoms. The molecule has 0 N–H and O–H groups in total. The molecule has 0 fully saturated rings. The van der Waals surface area contributed by atoms with Gasteiger partial charge in [-0.2, -0.15) is 0 Å². The van der Waals surface area contributed by atoms with Crippen LogP contribution in [-0.2, 0) is 0 Å². The van der Waals surface area contributed by atoms with Gasteiger partial charge in [-0.05, 0) is 43.2 Å². The molecule has 3 aromatic rings. The van der Waals surface area contributed by atoms with E-state index in [0.29, 0.717) is 29.2 Å². The first kappa shape index (κ1) is 19.1. The Hall–Kier alpha value is -2.67. The van der Waals surface area contributed by atoms with Gasteiger partial charge >= 0.3 is 0 Å². The maximum Gasteiger partial charge on any atom is 0.276 e. The second-order valence-electron chi connectivity index (χ2n) is 5.81. The van der Waals surface area contributed by atoms with Crippen molar-refractivity contribution in [2.45, 2.75) is 18.6 Å². The zero-order valence-electron chi connectivity index (χ0n) is 15.6. The highest BCUT2D eigenvalue weighted by atomic mass is 32.2. The van der Waals surface area contributed by atoms with E-state index in [2.05, 4.69) is 10.2 Å². The molecular weight excluding hydrogens is 364 g/mol. The molecule has 0 radical (unpaired) electrons. The van der Waals surface area contributed by atoms with Crippen LogP contribution >= 0.6 is 11.8 Å². The van der Waals surface area contributed by atoms with Gasteiger partial charge in [-0.1, -0.05) is 23.9 Å². The van der Waals surface area contributed by atoms with Crippen LogP contribution < -0.4 is 14.2 Å². The van der Waals surface area contributed by atoms with E-state index in [9.17, 15) is 0 Å². The van der Waals surface area contributed by atoms with Gasteiger partial charge in [0.25, 0.3) is 11.1 Å². The number of methoxy groups -OCH3 is 2. The van der Waals surface area contributed by atoms with Crippen molar-refractivity contribution in [3.05, 3.63) is 48.0 Å². The zero-order valence-corrected chi connectivity index (χ0v) is 16.4. The van der Waals surface area contributed by atoms with E-state index in [-0.39, 0.29) is 0 Å². The van der Waals surface area contributed by atoms with Crippen molar-refractivity contribution in [3.63, 3.8) is 0 Å². The monoisotopic (exact) mass is 386 g/mol. The molecule has 0 spiro atoms. The molecule has 0 aliphatic carbocycles. The fraction of sp³-hybridized carbons (Fsp3) is 0.300. The quantitative estimate of drug-likeness (QED) is 0.392. The van der Waals surface area contributed by atoms with E-state index in [1.165, 1.54) is 17.3 Å². The highest BCUT2D eigenvalue weighted by Crippen LogP contribution is 2.33. The molecule has 0 saturated heterocycles. The minimum Gasteiger partial charge on any atom is -0.497 e. The molecule has 3 rings (SSSR count). The molecular formula is C20H22N2O4S. The Morgan fingerprint density at radius 2 is 1.89 bits per heavy atom. The van der Waals surface area contributed by atoms with Crippen LogP contribution in [0.2, 0.25) is 0 Å². The smallest absolute Gasteiger partial charge is 0.276 e. The Bertz CT molecular complexity index is 882. The zero-order chi connectivity index (χ0) is 19.1. The van der Waals surface area contributed by atoms with E-state index in [1.807, 2.05) is 43.3 Å². The van der Waals surface area contributed by atoms with E-state index in [1.54, 1.807) is 20.3 Å². The van der Waals surface area contributed by atoms with Gasteiger partial charge < -0.3 is 18.6 Å². The molecule has 1 heterocycles. The molecule has 1 aromatic heterocycles. The SMILES string of the molecule is COc1ccc(-c2nnc(SCCCOc3cccc(C)c3)o2)c(OC)c1. The molecule has 6 nitrogen and oxygen atoms in total. The van der Waals surface area contributed by atoms with E-state index >= 15 is 0 Å². The fourth-order valence-electron chi connectivity index (χ4n) is 2.47. The maximum atomic E-state index is 5.75. The predicted molar refractivity (Wildman–Crippen MR) is 105 cm³/mol. The first-order chi connectivity index (χ1) is 13.2. The summed E-state index contributed by atoms with van der Waals surface area (Å²) in [6.07, 6.45) is 0.877. The molecule has 0 aliphatic rings. The van der Waals surface area contributed by atoms with Gasteiger partial charge in [-0.15, -0.1) is 10.2 Å². The van der Waals surface area contributed by atoms with Gasteiger partial charge in [0.15, 0.2) is 0 Å². The van der Waals surface area contributed by atoms with Gasteiger partial charge in [-0.25, -0.2) is 0 Å². The van der Waals surface area contributed by atoms with Crippen molar-refractivity contribution in [2.75, 3.05) is 26.6 Å². The summed E-state index contributed by atoms with van der Waals surface area (Å²) in [4.78, 5) is 0. The summed E-state index contributed by atoms with van der Waals surface area (Å²) < 4.78 is 22.1. The third-order valence-electron chi connectivity index (χ3n) is 3.82. The lowest BCUT2D eigenvalue weighted by atomic mass is 10.2. The average Bonchev–Trinajstić information content (AvgIpc) is 3.16. The number of benzene rings is 2. The van der Waals surface area contributed by atoms with Crippen molar-refractivity contribution in [1.82, 2.24) is 10.2 Å². The first-order valence-corrected chi connectivity index (χ1v) is 9.56. The van der Waals surface area contributed by atoms with Crippen molar-refractivity contribution < 1.29 is 18.6 Å². The van der Waals surface area contributed by atoms with Crippen LogP contribution in [0.15, 0.2) is 52.1 Å². The fourth-order valence-corrected chi connectivity index (χ4v) is 3.14. The van der Waals surface area contributed by atoms with Crippen LogP contribution in [0.3, 0.4) is 0 Å². The lowest BCUT2D eigenvalue weighted by Crippen LogP contribution is -1.98. The normalized spacial score (nSPS) is 10.6. The number of aromatic nitrogens is 2. The lowest BCUT2D eigenvalue weighted by Gasteiger charge is -2.07. The summed E-state index contributed by atoms with van der Waals surface area (Å²) in [5, 5.41) is 8.74. The topological polar surface area (TPSA) is 66.6 Å². The number of rotatable bonds is 9. The van der Waals surface area contributed by atoms with Crippen molar-refractivity contribution in [3.8, 4) is 28.7 Å². The summed E-state index contributed by atoms with van der Waals surface area (Å²) in [5.41, 5.74) is 1.93. The summed E-state index contributed by atoms with van der Waals surface area (Å²) in [7, 11) is 3.21. The highest BCUT2D eigenvalue weighted by molar-refractivity contribution is 7.99. The summed E-state index contributed by atoms with van der Waals surface area (Å²) in [6, 6.07) is 13.5. The molecule has 7 heteroatoms. The molecule has 2 aromatic carbocycles. The third kappa shape index (κ3) is 5.17. The molecule has 0 aliphatic heterocycles. The molecule has 0 saturated carbocycles. The van der Waals surface area contributed by atoms with Gasteiger partial charge in [0.1, 0.15) is 17.2 Å². The average molecular weight is 386 g/mol. The van der Waals surface area contributed by atoms with Gasteiger partial charge in [0.05, 0.1) is 26.4 Å². The molecule has 142 valence electrons. The molecule has 0 unspecified atom stereocenters. The van der Waals surface area contributed by atoms with Crippen LogP contribution in [0, 0.1) is 6.92 Å². The summed E-state index contributed by atoms with van der Waals surface area (Å²) in [5.74, 6) is 3.48. The number of ether oxygens (including phenoxy) is 3. The van der Waals surface area contributed by atoms with Gasteiger partial charge in [0.2, 0.25) is 0 Å². The maximum absolute atomic E-state index is 5.75. The number of hydrogen-bond acceptors (Lipinski definition) is 7. The van der Waals surface area contributed by atoms with Crippen LogP contribution in [0.5, 0.6) is 17.2 Å². The Balaban J connectivity index is 1.51. The number of aryl methyl sites for hydroxylation is 1. The van der Waals surface area contributed by atoms with Crippen LogP contribution in [0.1, 0.15) is 12.0 Å². The predicted octanol–water partition coefficient (Wildman–Crippen LogP) is 4.62. The standard InChI is InChI=1S/C20H22N2O4S/c1-14-6-4-7-16(12-14)25-10-5-11-27-20-22-21-19(26-20)17-9-8-15(23-2)13-18(17)24-3/h4,6-9,12-13H,5,10-11H2,1-3H3. The first-order valence-electron chi connectivity index (χ1n) is 8.58. The second-order valence-corrected chi connectivity index (χ2v) is 6.85. The number of nitrogens with zero attached hydrogens (tertiary/aromatic N) is 2. The van der Waals surface area contributed by atoms with E-state index in [0.717, 1.165) is 23.5 Å².